The normalized spacial score (nSPS) is 11.0. The molecule has 0 spiro atoms. The van der Waals surface area contributed by atoms with Crippen molar-refractivity contribution in [1.82, 2.24) is 9.99 Å². The monoisotopic (exact) mass is 337 g/mol. The number of rotatable bonds is 6. The molecule has 25 heavy (non-hydrogen) atoms. The van der Waals surface area contributed by atoms with Crippen molar-refractivity contribution < 1.29 is 14.3 Å². The molecule has 0 saturated carbocycles. The third-order valence-electron chi connectivity index (χ3n) is 3.75. The molecular formula is C19H19N3O3. The summed E-state index contributed by atoms with van der Waals surface area (Å²) in [6.07, 6.45) is 3.59. The predicted molar refractivity (Wildman–Crippen MR) is 97.1 cm³/mol. The van der Waals surface area contributed by atoms with Crippen LogP contribution in [-0.2, 0) is 11.8 Å². The number of nitrogens with one attached hydrogen (secondary N) is 1. The van der Waals surface area contributed by atoms with Crippen LogP contribution >= 0.6 is 0 Å². The highest BCUT2D eigenvalue weighted by molar-refractivity contribution is 5.99. The molecule has 3 rings (SSSR count). The molecule has 1 N–H and O–H groups in total. The second-order valence-electron chi connectivity index (χ2n) is 5.45. The molecule has 0 aliphatic heterocycles. The molecule has 2 aromatic carbocycles. The Morgan fingerprint density at radius 2 is 1.88 bits per heavy atom. The van der Waals surface area contributed by atoms with E-state index < -0.39 is 0 Å². The van der Waals surface area contributed by atoms with E-state index in [0.29, 0.717) is 11.5 Å². The maximum Gasteiger partial charge on any atom is 0.277 e. The number of carbonyl (C=O) groups excluding carboxylic acids is 1. The fraction of sp³-hybridized carbons (Fsp3) is 0.158. The second kappa shape index (κ2) is 7.53. The van der Waals surface area contributed by atoms with E-state index in [-0.39, 0.29) is 12.5 Å². The number of benzene rings is 2. The number of hydrazone groups is 1. The smallest absolute Gasteiger partial charge is 0.277 e. The van der Waals surface area contributed by atoms with Crippen LogP contribution in [0, 0.1) is 0 Å². The molecule has 0 fully saturated rings. The molecule has 1 amide bonds. The van der Waals surface area contributed by atoms with Gasteiger partial charge < -0.3 is 14.0 Å². The van der Waals surface area contributed by atoms with E-state index in [0.717, 1.165) is 16.5 Å². The number of ether oxygens (including phenoxy) is 2. The first-order chi connectivity index (χ1) is 12.2. The van der Waals surface area contributed by atoms with Gasteiger partial charge in [0, 0.05) is 29.7 Å². The Morgan fingerprint density at radius 3 is 2.68 bits per heavy atom. The summed E-state index contributed by atoms with van der Waals surface area (Å²) in [6, 6.07) is 15.2. The number of amides is 1. The van der Waals surface area contributed by atoms with Crippen molar-refractivity contribution in [1.29, 1.82) is 0 Å². The average Bonchev–Trinajstić information content (AvgIpc) is 2.96. The Kier molecular flexibility index (Phi) is 4.99. The largest absolute Gasteiger partial charge is 0.493 e. The summed E-state index contributed by atoms with van der Waals surface area (Å²) < 4.78 is 12.6. The lowest BCUT2D eigenvalue weighted by molar-refractivity contribution is -0.123. The predicted octanol–water partition coefficient (Wildman–Crippen LogP) is 2.72. The van der Waals surface area contributed by atoms with Crippen LogP contribution in [0.5, 0.6) is 11.5 Å². The molecule has 1 aromatic heterocycles. The van der Waals surface area contributed by atoms with E-state index in [1.54, 1.807) is 25.5 Å². The van der Waals surface area contributed by atoms with Gasteiger partial charge in [0.1, 0.15) is 0 Å². The first kappa shape index (κ1) is 16.6. The minimum absolute atomic E-state index is 0.146. The summed E-state index contributed by atoms with van der Waals surface area (Å²) in [7, 11) is 3.52. The maximum absolute atomic E-state index is 11.9. The van der Waals surface area contributed by atoms with Gasteiger partial charge in [0.15, 0.2) is 18.1 Å². The van der Waals surface area contributed by atoms with Crippen LogP contribution in [0.25, 0.3) is 10.9 Å². The molecule has 6 nitrogen and oxygen atoms in total. The molecule has 128 valence electrons. The minimum Gasteiger partial charge on any atom is -0.493 e. The van der Waals surface area contributed by atoms with E-state index >= 15 is 0 Å². The Bertz CT molecular complexity index is 915. The molecule has 0 aliphatic carbocycles. The fourth-order valence-corrected chi connectivity index (χ4v) is 2.56. The van der Waals surface area contributed by atoms with Crippen molar-refractivity contribution in [2.24, 2.45) is 12.1 Å². The Hall–Kier alpha value is -3.28. The topological polar surface area (TPSA) is 64.8 Å². The van der Waals surface area contributed by atoms with Crippen molar-refractivity contribution >= 4 is 23.0 Å². The molecule has 0 radical (unpaired) electrons. The SMILES string of the molecule is COc1ccccc1OCC(=O)N/N=C/c1cn(C)c2ccccc12. The molecule has 1 heterocycles. The summed E-state index contributed by atoms with van der Waals surface area (Å²) in [5.74, 6) is 0.745. The second-order valence-corrected chi connectivity index (χ2v) is 5.45. The van der Waals surface area contributed by atoms with Crippen LogP contribution in [0.4, 0.5) is 0 Å². The Labute approximate surface area is 145 Å². The highest BCUT2D eigenvalue weighted by atomic mass is 16.5. The quantitative estimate of drug-likeness (QED) is 0.556. The lowest BCUT2D eigenvalue weighted by atomic mass is 10.2. The summed E-state index contributed by atoms with van der Waals surface area (Å²) in [4.78, 5) is 11.9. The van der Waals surface area contributed by atoms with Gasteiger partial charge >= 0.3 is 0 Å². The minimum atomic E-state index is -0.345. The number of carbonyl (C=O) groups is 1. The maximum atomic E-state index is 11.9. The zero-order valence-electron chi connectivity index (χ0n) is 14.1. The van der Waals surface area contributed by atoms with E-state index in [1.807, 2.05) is 54.2 Å². The molecule has 0 saturated heterocycles. The molecule has 0 unspecified atom stereocenters. The van der Waals surface area contributed by atoms with E-state index in [9.17, 15) is 4.79 Å². The highest BCUT2D eigenvalue weighted by Gasteiger charge is 2.07. The number of hydrogen-bond acceptors (Lipinski definition) is 4. The van der Waals surface area contributed by atoms with Gasteiger partial charge in [-0.05, 0) is 18.2 Å². The van der Waals surface area contributed by atoms with Crippen molar-refractivity contribution in [3.8, 4) is 11.5 Å². The van der Waals surface area contributed by atoms with Gasteiger partial charge in [0.05, 0.1) is 13.3 Å². The van der Waals surface area contributed by atoms with Crippen LogP contribution in [0.15, 0.2) is 59.8 Å². The van der Waals surface area contributed by atoms with E-state index in [4.69, 9.17) is 9.47 Å². The Morgan fingerprint density at radius 1 is 1.16 bits per heavy atom. The molecule has 0 atom stereocenters. The number of fused-ring (bicyclic) bond motifs is 1. The Balaban J connectivity index is 1.59. The van der Waals surface area contributed by atoms with Crippen molar-refractivity contribution in [2.75, 3.05) is 13.7 Å². The molecule has 3 aromatic rings. The summed E-state index contributed by atoms with van der Waals surface area (Å²) in [5.41, 5.74) is 4.51. The van der Waals surface area contributed by atoms with Gasteiger partial charge in [0.25, 0.3) is 5.91 Å². The lowest BCUT2D eigenvalue weighted by Crippen LogP contribution is -2.24. The molecular weight excluding hydrogens is 318 g/mol. The van der Waals surface area contributed by atoms with Gasteiger partial charge in [-0.3, -0.25) is 4.79 Å². The number of aryl methyl sites for hydroxylation is 1. The lowest BCUT2D eigenvalue weighted by Gasteiger charge is -2.09. The average molecular weight is 337 g/mol. The number of methoxy groups -OCH3 is 1. The standard InChI is InChI=1S/C19H19N3O3/c1-22-12-14(15-7-3-4-8-16(15)22)11-20-21-19(23)13-25-18-10-6-5-9-17(18)24-2/h3-12H,13H2,1-2H3,(H,21,23)/b20-11+. The van der Waals surface area contributed by atoms with Crippen LogP contribution in [-0.4, -0.2) is 30.4 Å². The highest BCUT2D eigenvalue weighted by Crippen LogP contribution is 2.25. The van der Waals surface area contributed by atoms with Gasteiger partial charge in [-0.25, -0.2) is 5.43 Å². The van der Waals surface area contributed by atoms with Crippen molar-refractivity contribution in [2.45, 2.75) is 0 Å². The molecule has 0 aliphatic rings. The molecule has 0 bridgehead atoms. The van der Waals surface area contributed by atoms with Crippen molar-refractivity contribution in [3.05, 3.63) is 60.3 Å². The van der Waals surface area contributed by atoms with Crippen LogP contribution < -0.4 is 14.9 Å². The van der Waals surface area contributed by atoms with Crippen LogP contribution in [0.3, 0.4) is 0 Å². The van der Waals surface area contributed by atoms with E-state index in [2.05, 4.69) is 10.5 Å². The zero-order valence-corrected chi connectivity index (χ0v) is 14.1. The number of hydrogen-bond donors (Lipinski definition) is 1. The van der Waals surface area contributed by atoms with Gasteiger partial charge in [-0.1, -0.05) is 30.3 Å². The number of nitrogens with zero attached hydrogens (tertiary/aromatic N) is 2. The van der Waals surface area contributed by atoms with Gasteiger partial charge in [0.2, 0.25) is 0 Å². The first-order valence-corrected chi connectivity index (χ1v) is 7.81. The van der Waals surface area contributed by atoms with Crippen LogP contribution in [0.2, 0.25) is 0 Å². The van der Waals surface area contributed by atoms with E-state index in [1.165, 1.54) is 0 Å². The third-order valence-corrected chi connectivity index (χ3v) is 3.75. The summed E-state index contributed by atoms with van der Waals surface area (Å²) in [6.45, 7) is -0.146. The summed E-state index contributed by atoms with van der Waals surface area (Å²) >= 11 is 0. The van der Waals surface area contributed by atoms with Gasteiger partial charge in [-0.2, -0.15) is 5.10 Å². The van der Waals surface area contributed by atoms with Crippen LogP contribution in [0.1, 0.15) is 5.56 Å². The van der Waals surface area contributed by atoms with Crippen molar-refractivity contribution in [3.63, 3.8) is 0 Å². The van der Waals surface area contributed by atoms with Gasteiger partial charge in [-0.15, -0.1) is 0 Å². The first-order valence-electron chi connectivity index (χ1n) is 7.81. The number of para-hydroxylation sites is 3. The zero-order chi connectivity index (χ0) is 17.6. The fourth-order valence-electron chi connectivity index (χ4n) is 2.56. The summed E-state index contributed by atoms with van der Waals surface area (Å²) in [5, 5.41) is 5.09. The third kappa shape index (κ3) is 3.80. The number of aromatic nitrogens is 1. The molecule has 6 heteroatoms.